The molecule has 0 saturated carbocycles. The monoisotopic (exact) mass is 244 g/mol. The van der Waals surface area contributed by atoms with E-state index in [0.717, 1.165) is 0 Å². The molecule has 86 valence electrons. The van der Waals surface area contributed by atoms with Gasteiger partial charge in [0.25, 0.3) is 5.91 Å². The predicted molar refractivity (Wildman–Crippen MR) is 55.2 cm³/mol. The zero-order valence-corrected chi connectivity index (χ0v) is 8.81. The number of amides is 1. The summed E-state index contributed by atoms with van der Waals surface area (Å²) in [6.07, 6.45) is -0.333. The lowest BCUT2D eigenvalue weighted by Gasteiger charge is -2.06. The van der Waals surface area contributed by atoms with Gasteiger partial charge >= 0.3 is 5.97 Å². The summed E-state index contributed by atoms with van der Waals surface area (Å²) >= 11 is 5.57. The van der Waals surface area contributed by atoms with Crippen LogP contribution in [-0.4, -0.2) is 39.7 Å². The number of rotatable bonds is 4. The molecule has 1 unspecified atom stereocenters. The van der Waals surface area contributed by atoms with E-state index in [1.807, 2.05) is 0 Å². The molecule has 0 bridgehead atoms. The highest BCUT2D eigenvalue weighted by atomic mass is 35.5. The minimum Gasteiger partial charge on any atom is -0.479 e. The highest BCUT2D eigenvalue weighted by molar-refractivity contribution is 6.30. The molecule has 1 heterocycles. The number of hydrogen-bond acceptors (Lipinski definition) is 4. The Morgan fingerprint density at radius 3 is 2.69 bits per heavy atom. The van der Waals surface area contributed by atoms with Crippen molar-refractivity contribution in [3.8, 4) is 0 Å². The van der Waals surface area contributed by atoms with Crippen LogP contribution in [-0.2, 0) is 4.79 Å². The van der Waals surface area contributed by atoms with Crippen LogP contribution in [0.2, 0.25) is 5.02 Å². The van der Waals surface area contributed by atoms with Crippen molar-refractivity contribution < 1.29 is 19.8 Å². The SMILES string of the molecule is O=C(NCC(O)C(=O)O)c1ccc(Cl)cn1. The molecule has 1 rings (SSSR count). The third-order valence-corrected chi connectivity index (χ3v) is 1.92. The number of nitrogens with one attached hydrogen (secondary N) is 1. The summed E-state index contributed by atoms with van der Waals surface area (Å²) in [4.78, 5) is 25.3. The molecular weight excluding hydrogens is 236 g/mol. The zero-order valence-electron chi connectivity index (χ0n) is 8.05. The molecule has 1 aromatic rings. The van der Waals surface area contributed by atoms with Crippen molar-refractivity contribution >= 4 is 23.5 Å². The molecule has 0 aliphatic rings. The van der Waals surface area contributed by atoms with Crippen LogP contribution < -0.4 is 5.32 Å². The molecule has 0 aliphatic heterocycles. The molecular formula is C9H9ClN2O4. The Morgan fingerprint density at radius 1 is 1.50 bits per heavy atom. The third kappa shape index (κ3) is 3.48. The summed E-state index contributed by atoms with van der Waals surface area (Å²) in [5, 5.41) is 19.9. The van der Waals surface area contributed by atoms with Crippen LogP contribution in [0.15, 0.2) is 18.3 Å². The Kier molecular flexibility index (Phi) is 4.21. The maximum absolute atomic E-state index is 11.4. The average molecular weight is 245 g/mol. The van der Waals surface area contributed by atoms with Crippen LogP contribution >= 0.6 is 11.6 Å². The van der Waals surface area contributed by atoms with Crippen LogP contribution in [0.25, 0.3) is 0 Å². The lowest BCUT2D eigenvalue weighted by molar-refractivity contribution is -0.146. The van der Waals surface area contributed by atoms with Gasteiger partial charge in [0.1, 0.15) is 5.69 Å². The van der Waals surface area contributed by atoms with Gasteiger partial charge in [-0.2, -0.15) is 0 Å². The van der Waals surface area contributed by atoms with Gasteiger partial charge in [-0.25, -0.2) is 9.78 Å². The summed E-state index contributed by atoms with van der Waals surface area (Å²) in [5.74, 6) is -1.97. The summed E-state index contributed by atoms with van der Waals surface area (Å²) in [6, 6.07) is 2.88. The van der Waals surface area contributed by atoms with E-state index in [0.29, 0.717) is 5.02 Å². The summed E-state index contributed by atoms with van der Waals surface area (Å²) < 4.78 is 0. The maximum atomic E-state index is 11.4. The number of carboxylic acids is 1. The first-order valence-electron chi connectivity index (χ1n) is 4.31. The van der Waals surface area contributed by atoms with E-state index in [1.54, 1.807) is 0 Å². The first-order valence-corrected chi connectivity index (χ1v) is 4.69. The highest BCUT2D eigenvalue weighted by Crippen LogP contribution is 2.05. The quantitative estimate of drug-likeness (QED) is 0.687. The molecule has 1 amide bonds. The lowest BCUT2D eigenvalue weighted by atomic mass is 10.3. The molecule has 6 nitrogen and oxygen atoms in total. The van der Waals surface area contributed by atoms with Crippen LogP contribution in [0.1, 0.15) is 10.5 Å². The van der Waals surface area contributed by atoms with Gasteiger partial charge in [0.2, 0.25) is 0 Å². The van der Waals surface area contributed by atoms with E-state index in [1.165, 1.54) is 18.3 Å². The third-order valence-electron chi connectivity index (χ3n) is 1.70. The molecule has 0 saturated heterocycles. The van der Waals surface area contributed by atoms with Crippen molar-refractivity contribution in [2.45, 2.75) is 6.10 Å². The van der Waals surface area contributed by atoms with Gasteiger partial charge in [0, 0.05) is 6.20 Å². The van der Waals surface area contributed by atoms with Crippen LogP contribution in [0, 0.1) is 0 Å². The van der Waals surface area contributed by atoms with E-state index >= 15 is 0 Å². The number of aliphatic hydroxyl groups excluding tert-OH is 1. The van der Waals surface area contributed by atoms with Crippen molar-refractivity contribution in [3.63, 3.8) is 0 Å². The molecule has 0 aromatic carbocycles. The van der Waals surface area contributed by atoms with Gasteiger partial charge in [-0.1, -0.05) is 11.6 Å². The molecule has 0 spiro atoms. The maximum Gasteiger partial charge on any atom is 0.334 e. The fraction of sp³-hybridized carbons (Fsp3) is 0.222. The summed E-state index contributed by atoms with van der Waals surface area (Å²) in [7, 11) is 0. The van der Waals surface area contributed by atoms with Crippen molar-refractivity contribution in [2.24, 2.45) is 0 Å². The van der Waals surface area contributed by atoms with Gasteiger partial charge < -0.3 is 15.5 Å². The molecule has 0 fully saturated rings. The van der Waals surface area contributed by atoms with Gasteiger partial charge in [0.05, 0.1) is 11.6 Å². The Labute approximate surface area is 95.9 Å². The fourth-order valence-corrected chi connectivity index (χ4v) is 0.989. The van der Waals surface area contributed by atoms with Gasteiger partial charge in [0.15, 0.2) is 6.10 Å². The van der Waals surface area contributed by atoms with Gasteiger partial charge in [-0.15, -0.1) is 0 Å². The Bertz CT molecular complexity index is 393. The number of aromatic nitrogens is 1. The minimum atomic E-state index is -1.63. The second-order valence-electron chi connectivity index (χ2n) is 2.93. The fourth-order valence-electron chi connectivity index (χ4n) is 0.877. The summed E-state index contributed by atoms with van der Waals surface area (Å²) in [5.41, 5.74) is 0.0991. The number of nitrogens with zero attached hydrogens (tertiary/aromatic N) is 1. The highest BCUT2D eigenvalue weighted by Gasteiger charge is 2.15. The minimum absolute atomic E-state index is 0.0991. The van der Waals surface area contributed by atoms with Crippen LogP contribution in [0.5, 0.6) is 0 Å². The zero-order chi connectivity index (χ0) is 12.1. The number of aliphatic hydroxyl groups is 1. The van der Waals surface area contributed by atoms with E-state index in [2.05, 4.69) is 10.3 Å². The van der Waals surface area contributed by atoms with E-state index in [-0.39, 0.29) is 12.2 Å². The molecule has 0 aliphatic carbocycles. The largest absolute Gasteiger partial charge is 0.479 e. The van der Waals surface area contributed by atoms with Crippen molar-refractivity contribution in [3.05, 3.63) is 29.0 Å². The Morgan fingerprint density at radius 2 is 2.19 bits per heavy atom. The van der Waals surface area contributed by atoms with Crippen molar-refractivity contribution in [1.82, 2.24) is 10.3 Å². The smallest absolute Gasteiger partial charge is 0.334 e. The molecule has 3 N–H and O–H groups in total. The van der Waals surface area contributed by atoms with Crippen molar-refractivity contribution in [2.75, 3.05) is 6.54 Å². The number of halogens is 1. The first kappa shape index (κ1) is 12.4. The Hall–Kier alpha value is -1.66. The molecule has 0 radical (unpaired) electrons. The second kappa shape index (κ2) is 5.43. The number of pyridine rings is 1. The first-order chi connectivity index (χ1) is 7.50. The van der Waals surface area contributed by atoms with E-state index < -0.39 is 18.0 Å². The Balaban J connectivity index is 2.53. The number of hydrogen-bond donors (Lipinski definition) is 3. The van der Waals surface area contributed by atoms with Crippen LogP contribution in [0.4, 0.5) is 0 Å². The lowest BCUT2D eigenvalue weighted by Crippen LogP contribution is -2.36. The van der Waals surface area contributed by atoms with Crippen molar-refractivity contribution in [1.29, 1.82) is 0 Å². The predicted octanol–water partition coefficient (Wildman–Crippen LogP) is -0.0897. The topological polar surface area (TPSA) is 99.5 Å². The van der Waals surface area contributed by atoms with Gasteiger partial charge in [-0.05, 0) is 12.1 Å². The molecule has 1 aromatic heterocycles. The number of carbonyl (C=O) groups excluding carboxylic acids is 1. The number of carbonyl (C=O) groups is 2. The normalized spacial score (nSPS) is 11.9. The average Bonchev–Trinajstić information content (AvgIpc) is 2.26. The number of aliphatic carboxylic acids is 1. The standard InChI is InChI=1S/C9H9ClN2O4/c10-5-1-2-6(11-3-5)8(14)12-4-7(13)9(15)16/h1-3,7,13H,4H2,(H,12,14)(H,15,16). The molecule has 16 heavy (non-hydrogen) atoms. The van der Waals surface area contributed by atoms with E-state index in [4.69, 9.17) is 21.8 Å². The number of carboxylic acid groups (broad SMARTS) is 1. The van der Waals surface area contributed by atoms with Gasteiger partial charge in [-0.3, -0.25) is 4.79 Å². The van der Waals surface area contributed by atoms with E-state index in [9.17, 15) is 9.59 Å². The second-order valence-corrected chi connectivity index (χ2v) is 3.36. The van der Waals surface area contributed by atoms with Crippen LogP contribution in [0.3, 0.4) is 0 Å². The molecule has 1 atom stereocenters. The molecule has 7 heteroatoms. The summed E-state index contributed by atoms with van der Waals surface area (Å²) in [6.45, 7) is -0.377.